The summed E-state index contributed by atoms with van der Waals surface area (Å²) in [5.74, 6) is -0.108. The molecule has 17 heavy (non-hydrogen) atoms. The lowest BCUT2D eigenvalue weighted by Gasteiger charge is -2.07. The molecule has 0 radical (unpaired) electrons. The van der Waals surface area contributed by atoms with Crippen molar-refractivity contribution in [2.24, 2.45) is 0 Å². The highest BCUT2D eigenvalue weighted by Gasteiger charge is 2.15. The summed E-state index contributed by atoms with van der Waals surface area (Å²) in [6.07, 6.45) is 0. The van der Waals surface area contributed by atoms with E-state index in [-0.39, 0.29) is 16.3 Å². The Labute approximate surface area is 98.9 Å². The van der Waals surface area contributed by atoms with E-state index in [0.717, 1.165) is 5.41 Å². The largest absolute Gasteiger partial charge is 0.505 e. The summed E-state index contributed by atoms with van der Waals surface area (Å²) >= 11 is 0. The molecule has 0 saturated carbocycles. The second-order valence-electron chi connectivity index (χ2n) is 3.57. The average Bonchev–Trinajstić information content (AvgIpc) is 2.33. The molecule has 88 valence electrons. The Bertz CT molecular complexity index is 705. The smallest absolute Gasteiger partial charge is 0.199 e. The van der Waals surface area contributed by atoms with Gasteiger partial charge in [-0.05, 0) is 12.1 Å². The van der Waals surface area contributed by atoms with Gasteiger partial charge < -0.3 is 10.8 Å². The van der Waals surface area contributed by atoms with E-state index in [9.17, 15) is 13.5 Å². The van der Waals surface area contributed by atoms with Crippen LogP contribution in [0.25, 0.3) is 10.8 Å². The molecule has 2 aromatic carbocycles. The number of hydrogen-bond acceptors (Lipinski definition) is 4. The molecule has 3 N–H and O–H groups in total. The number of nitrogen functional groups attached to an aromatic ring is 1. The van der Waals surface area contributed by atoms with Gasteiger partial charge in [-0.2, -0.15) is 0 Å². The van der Waals surface area contributed by atoms with E-state index in [0.29, 0.717) is 10.8 Å². The molecule has 5 heteroatoms. The molecule has 0 aliphatic rings. The Morgan fingerprint density at radius 3 is 2.53 bits per heavy atom. The Kier molecular flexibility index (Phi) is 2.55. The molecule has 0 atom stereocenters. The summed E-state index contributed by atoms with van der Waals surface area (Å²) in [6, 6.07) is 7.68. The van der Waals surface area contributed by atoms with E-state index in [1.165, 1.54) is 12.1 Å². The summed E-state index contributed by atoms with van der Waals surface area (Å²) in [5.41, 5.74) is 5.77. The maximum Gasteiger partial charge on any atom is 0.199 e. The van der Waals surface area contributed by atoms with Crippen LogP contribution >= 0.6 is 0 Å². The summed E-state index contributed by atoms with van der Waals surface area (Å²) in [4.78, 5) is 0.111. The molecule has 0 spiro atoms. The maximum absolute atomic E-state index is 11.8. The topological polar surface area (TPSA) is 80.4 Å². The van der Waals surface area contributed by atoms with E-state index >= 15 is 0 Å². The van der Waals surface area contributed by atoms with Crippen LogP contribution in [0, 0.1) is 0 Å². The van der Waals surface area contributed by atoms with Gasteiger partial charge in [0.1, 0.15) is 5.75 Å². The first-order chi connectivity index (χ1) is 7.97. The molecule has 0 saturated heterocycles. The number of rotatable bonds is 2. The molecule has 0 aromatic heterocycles. The van der Waals surface area contributed by atoms with E-state index in [1.54, 1.807) is 18.2 Å². The number of benzene rings is 2. The summed E-state index contributed by atoms with van der Waals surface area (Å²) in [5, 5.41) is 11.5. The Morgan fingerprint density at radius 2 is 1.88 bits per heavy atom. The van der Waals surface area contributed by atoms with Crippen LogP contribution in [0.5, 0.6) is 5.75 Å². The average molecular weight is 249 g/mol. The van der Waals surface area contributed by atoms with Crippen molar-refractivity contribution in [3.63, 3.8) is 0 Å². The molecular weight excluding hydrogens is 238 g/mol. The number of phenols is 1. The van der Waals surface area contributed by atoms with Crippen molar-refractivity contribution in [3.05, 3.63) is 42.3 Å². The molecular formula is C12H11NO3S. The minimum Gasteiger partial charge on any atom is -0.505 e. The summed E-state index contributed by atoms with van der Waals surface area (Å²) < 4.78 is 23.6. The van der Waals surface area contributed by atoms with Crippen LogP contribution in [0.4, 0.5) is 5.69 Å². The van der Waals surface area contributed by atoms with Gasteiger partial charge in [-0.1, -0.05) is 24.8 Å². The van der Waals surface area contributed by atoms with Gasteiger partial charge in [0.25, 0.3) is 0 Å². The molecule has 0 fully saturated rings. The second kappa shape index (κ2) is 3.78. The lowest BCUT2D eigenvalue weighted by Crippen LogP contribution is -1.97. The fourth-order valence-electron chi connectivity index (χ4n) is 1.67. The molecule has 0 aliphatic carbocycles. The number of aromatic hydroxyl groups is 1. The van der Waals surface area contributed by atoms with Crippen LogP contribution in [0.2, 0.25) is 0 Å². The number of anilines is 1. The zero-order valence-electron chi connectivity index (χ0n) is 8.92. The third-order valence-corrected chi connectivity index (χ3v) is 3.96. The maximum atomic E-state index is 11.8. The third kappa shape index (κ3) is 1.74. The lowest BCUT2D eigenvalue weighted by molar-refractivity contribution is 0.484. The monoisotopic (exact) mass is 249 g/mol. The third-order valence-electron chi connectivity index (χ3n) is 2.55. The van der Waals surface area contributed by atoms with Crippen molar-refractivity contribution < 1.29 is 13.5 Å². The Balaban J connectivity index is 2.94. The van der Waals surface area contributed by atoms with Gasteiger partial charge in [-0.15, -0.1) is 0 Å². The van der Waals surface area contributed by atoms with E-state index < -0.39 is 9.84 Å². The number of hydrogen-bond donors (Lipinski definition) is 2. The number of nitrogens with two attached hydrogens (primary N) is 1. The fraction of sp³-hybridized carbons (Fsp3) is 0. The Morgan fingerprint density at radius 1 is 1.18 bits per heavy atom. The Hall–Kier alpha value is -2.01. The van der Waals surface area contributed by atoms with Crippen LogP contribution in [-0.2, 0) is 9.84 Å². The molecule has 2 rings (SSSR count). The lowest BCUT2D eigenvalue weighted by atomic mass is 10.1. The van der Waals surface area contributed by atoms with Gasteiger partial charge in [0.15, 0.2) is 9.84 Å². The van der Waals surface area contributed by atoms with E-state index in [4.69, 9.17) is 5.73 Å². The van der Waals surface area contributed by atoms with Crippen molar-refractivity contribution in [1.82, 2.24) is 0 Å². The van der Waals surface area contributed by atoms with Gasteiger partial charge >= 0.3 is 0 Å². The van der Waals surface area contributed by atoms with Crippen LogP contribution in [0.3, 0.4) is 0 Å². The van der Waals surface area contributed by atoms with Crippen LogP contribution < -0.4 is 5.73 Å². The van der Waals surface area contributed by atoms with Gasteiger partial charge in [-0.25, -0.2) is 8.42 Å². The first-order valence-corrected chi connectivity index (χ1v) is 6.39. The summed E-state index contributed by atoms with van der Waals surface area (Å²) in [7, 11) is -3.54. The predicted octanol–water partition coefficient (Wildman–Crippen LogP) is 2.04. The standard InChI is InChI=1S/C12H11NO3S/c1-2-17(15,16)11-5-3-4-9-8(11)6-7-10(13)12(9)14/h2-7,14H,1,13H2. The van der Waals surface area contributed by atoms with Crippen molar-refractivity contribution in [1.29, 1.82) is 0 Å². The zero-order valence-corrected chi connectivity index (χ0v) is 9.74. The fourth-order valence-corrected chi connectivity index (χ4v) is 2.60. The van der Waals surface area contributed by atoms with Gasteiger partial charge in [0.05, 0.1) is 10.6 Å². The normalized spacial score (nSPS) is 11.5. The molecule has 0 bridgehead atoms. The molecule has 0 amide bonds. The summed E-state index contributed by atoms with van der Waals surface area (Å²) in [6.45, 7) is 3.28. The molecule has 2 aromatic rings. The van der Waals surface area contributed by atoms with Crippen LogP contribution in [0.1, 0.15) is 0 Å². The van der Waals surface area contributed by atoms with Crippen LogP contribution in [0.15, 0.2) is 47.2 Å². The SMILES string of the molecule is C=CS(=O)(=O)c1cccc2c(O)c(N)ccc12. The number of fused-ring (bicyclic) bond motifs is 1. The molecule has 4 nitrogen and oxygen atoms in total. The van der Waals surface area contributed by atoms with Crippen molar-refractivity contribution in [2.45, 2.75) is 4.90 Å². The highest BCUT2D eigenvalue weighted by atomic mass is 32.2. The molecule has 0 unspecified atom stereocenters. The first-order valence-electron chi connectivity index (χ1n) is 4.85. The molecule has 0 aliphatic heterocycles. The number of sulfone groups is 1. The first kappa shape index (κ1) is 11.5. The highest BCUT2D eigenvalue weighted by molar-refractivity contribution is 7.94. The zero-order chi connectivity index (χ0) is 12.6. The van der Waals surface area contributed by atoms with Crippen molar-refractivity contribution in [2.75, 3.05) is 5.73 Å². The van der Waals surface area contributed by atoms with E-state index in [2.05, 4.69) is 6.58 Å². The van der Waals surface area contributed by atoms with Gasteiger partial charge in [-0.3, -0.25) is 0 Å². The van der Waals surface area contributed by atoms with Gasteiger partial charge in [0.2, 0.25) is 0 Å². The minimum atomic E-state index is -3.54. The second-order valence-corrected chi connectivity index (χ2v) is 5.43. The minimum absolute atomic E-state index is 0.108. The van der Waals surface area contributed by atoms with Gasteiger partial charge in [0, 0.05) is 16.2 Å². The van der Waals surface area contributed by atoms with Crippen molar-refractivity contribution in [3.8, 4) is 5.75 Å². The van der Waals surface area contributed by atoms with E-state index in [1.807, 2.05) is 0 Å². The van der Waals surface area contributed by atoms with Crippen molar-refractivity contribution >= 4 is 26.3 Å². The van der Waals surface area contributed by atoms with Crippen LogP contribution in [-0.4, -0.2) is 13.5 Å². The highest BCUT2D eigenvalue weighted by Crippen LogP contribution is 2.34. The predicted molar refractivity (Wildman–Crippen MR) is 67.4 cm³/mol. The number of phenolic OH excluding ortho intramolecular Hbond substituents is 1. The molecule has 0 heterocycles. The quantitative estimate of drug-likeness (QED) is 0.630.